The first-order chi connectivity index (χ1) is 26.4. The largest absolute Gasteiger partial charge is 0.497 e. The zero-order valence-electron chi connectivity index (χ0n) is 29.7. The molecule has 0 aliphatic carbocycles. The summed E-state index contributed by atoms with van der Waals surface area (Å²) in [7, 11) is 1.63. The van der Waals surface area contributed by atoms with Crippen LogP contribution in [-0.4, -0.2) is 24.6 Å². The van der Waals surface area contributed by atoms with Crippen LogP contribution >= 0.6 is 0 Å². The van der Waals surface area contributed by atoms with Crippen molar-refractivity contribution >= 4 is 23.2 Å². The van der Waals surface area contributed by atoms with Crippen molar-refractivity contribution in [1.82, 2.24) is 0 Å². The first-order valence-corrected chi connectivity index (χ1v) is 17.6. The molecule has 0 radical (unpaired) electrons. The number of hydrogen-bond donors (Lipinski definition) is 0. The molecule has 1 amide bonds. The molecule has 7 aromatic carbocycles. The molecule has 1 aliphatic heterocycles. The van der Waals surface area contributed by atoms with E-state index in [9.17, 15) is 14.4 Å². The highest BCUT2D eigenvalue weighted by Gasteiger charge is 2.52. The Balaban J connectivity index is 1.06. The van der Waals surface area contributed by atoms with Gasteiger partial charge in [0.25, 0.3) is 5.91 Å². The Morgan fingerprint density at radius 1 is 0.500 bits per heavy atom. The maximum atomic E-state index is 14.3. The van der Waals surface area contributed by atoms with Crippen molar-refractivity contribution in [3.63, 3.8) is 0 Å². The van der Waals surface area contributed by atoms with E-state index in [4.69, 9.17) is 9.47 Å². The van der Waals surface area contributed by atoms with Crippen molar-refractivity contribution in [3.8, 4) is 17.2 Å². The summed E-state index contributed by atoms with van der Waals surface area (Å²) in [6.07, 6.45) is 0. The zero-order chi connectivity index (χ0) is 37.2. The van der Waals surface area contributed by atoms with Crippen molar-refractivity contribution in [1.29, 1.82) is 0 Å². The topological polar surface area (TPSA) is 72.9 Å². The molecule has 262 valence electrons. The molecular weight excluding hydrogens is 671 g/mol. The minimum absolute atomic E-state index is 0.0884. The standard InChI is InChI=1S/C48H35NO5/c1-32-12-14-33(15-13-32)45(50)34-16-18-35(19-17-34)46(51)36-20-26-41(27-21-36)54-42-30-24-38(25-31-42)48(37-22-28-40(53-2)29-23-37)44-11-7-6-10-43(44)47(52)49(48)39-8-4-3-5-9-39/h3-31H,1-2H3. The summed E-state index contributed by atoms with van der Waals surface area (Å²) in [6, 6.07) is 54.3. The molecule has 0 bridgehead atoms. The molecule has 0 spiro atoms. The molecule has 1 aliphatic rings. The predicted octanol–water partition coefficient (Wildman–Crippen LogP) is 10.2. The fraction of sp³-hybridized carbons (Fsp3) is 0.0625. The van der Waals surface area contributed by atoms with Gasteiger partial charge in [0.15, 0.2) is 11.6 Å². The monoisotopic (exact) mass is 705 g/mol. The summed E-state index contributed by atoms with van der Waals surface area (Å²) in [4.78, 5) is 42.4. The number of para-hydroxylation sites is 1. The van der Waals surface area contributed by atoms with Gasteiger partial charge in [-0.1, -0.05) is 115 Å². The zero-order valence-corrected chi connectivity index (χ0v) is 29.7. The Labute approximate surface area is 313 Å². The fourth-order valence-electron chi connectivity index (χ4n) is 7.22. The maximum Gasteiger partial charge on any atom is 0.260 e. The van der Waals surface area contributed by atoms with Crippen LogP contribution in [0.15, 0.2) is 176 Å². The van der Waals surface area contributed by atoms with Gasteiger partial charge >= 0.3 is 0 Å². The quantitative estimate of drug-likeness (QED) is 0.133. The van der Waals surface area contributed by atoms with Crippen LogP contribution in [0.4, 0.5) is 5.69 Å². The normalized spacial score (nSPS) is 14.7. The average molecular weight is 706 g/mol. The van der Waals surface area contributed by atoms with Crippen molar-refractivity contribution < 1.29 is 23.9 Å². The second-order valence-corrected chi connectivity index (χ2v) is 13.2. The third-order valence-corrected chi connectivity index (χ3v) is 9.96. The molecule has 8 rings (SSSR count). The molecule has 0 fully saturated rings. The molecule has 7 aromatic rings. The van der Waals surface area contributed by atoms with E-state index >= 15 is 0 Å². The van der Waals surface area contributed by atoms with Gasteiger partial charge in [-0.2, -0.15) is 0 Å². The van der Waals surface area contributed by atoms with Gasteiger partial charge in [0.2, 0.25) is 0 Å². The van der Waals surface area contributed by atoms with Crippen molar-refractivity contribution in [2.75, 3.05) is 12.0 Å². The average Bonchev–Trinajstić information content (AvgIpc) is 3.50. The van der Waals surface area contributed by atoms with Crippen LogP contribution < -0.4 is 14.4 Å². The Morgan fingerprint density at radius 3 is 1.44 bits per heavy atom. The molecule has 1 atom stereocenters. The molecule has 0 N–H and O–H groups in total. The number of aryl methyl sites for hydroxylation is 1. The molecule has 6 nitrogen and oxygen atoms in total. The van der Waals surface area contributed by atoms with Crippen LogP contribution in [-0.2, 0) is 5.54 Å². The van der Waals surface area contributed by atoms with Crippen molar-refractivity contribution in [2.45, 2.75) is 12.5 Å². The Morgan fingerprint density at radius 2 is 0.926 bits per heavy atom. The van der Waals surface area contributed by atoms with E-state index in [1.165, 1.54) is 0 Å². The number of anilines is 1. The number of carbonyl (C=O) groups excluding carboxylic acids is 3. The van der Waals surface area contributed by atoms with Gasteiger partial charge in [-0.25, -0.2) is 0 Å². The number of fused-ring (bicyclic) bond motifs is 1. The van der Waals surface area contributed by atoms with E-state index in [1.54, 1.807) is 55.6 Å². The van der Waals surface area contributed by atoms with E-state index < -0.39 is 5.54 Å². The van der Waals surface area contributed by atoms with Crippen LogP contribution in [0.2, 0.25) is 0 Å². The molecular formula is C48H35NO5. The van der Waals surface area contributed by atoms with Gasteiger partial charge in [-0.05, 0) is 90.3 Å². The summed E-state index contributed by atoms with van der Waals surface area (Å²) in [6.45, 7) is 1.98. The second kappa shape index (κ2) is 14.2. The molecule has 1 heterocycles. The summed E-state index contributed by atoms with van der Waals surface area (Å²) < 4.78 is 11.7. The molecule has 0 aromatic heterocycles. The minimum Gasteiger partial charge on any atom is -0.497 e. The fourth-order valence-corrected chi connectivity index (χ4v) is 7.22. The van der Waals surface area contributed by atoms with Crippen LogP contribution in [0.1, 0.15) is 64.5 Å². The number of carbonyl (C=O) groups is 3. The number of methoxy groups -OCH3 is 1. The highest BCUT2D eigenvalue weighted by molar-refractivity contribution is 6.14. The highest BCUT2D eigenvalue weighted by atomic mass is 16.5. The maximum absolute atomic E-state index is 14.3. The Hall–Kier alpha value is -7.05. The van der Waals surface area contributed by atoms with Gasteiger partial charge < -0.3 is 9.47 Å². The number of rotatable bonds is 10. The highest BCUT2D eigenvalue weighted by Crippen LogP contribution is 2.51. The van der Waals surface area contributed by atoms with Gasteiger partial charge in [-0.3, -0.25) is 19.3 Å². The van der Waals surface area contributed by atoms with Gasteiger partial charge in [0, 0.05) is 33.5 Å². The first-order valence-electron chi connectivity index (χ1n) is 17.6. The number of amides is 1. The lowest BCUT2D eigenvalue weighted by molar-refractivity contribution is 0.0984. The smallest absolute Gasteiger partial charge is 0.260 e. The number of ketones is 2. The second-order valence-electron chi connectivity index (χ2n) is 13.2. The van der Waals surface area contributed by atoms with Crippen molar-refractivity contribution in [2.24, 2.45) is 0 Å². The lowest BCUT2D eigenvalue weighted by Gasteiger charge is -2.40. The Kier molecular flexibility index (Phi) is 8.94. The third-order valence-electron chi connectivity index (χ3n) is 9.96. The van der Waals surface area contributed by atoms with E-state index in [1.807, 2.05) is 139 Å². The van der Waals surface area contributed by atoms with Crippen LogP contribution in [0.3, 0.4) is 0 Å². The van der Waals surface area contributed by atoms with Gasteiger partial charge in [0.05, 0.1) is 7.11 Å². The summed E-state index contributed by atoms with van der Waals surface area (Å²) in [5.74, 6) is 1.55. The molecule has 0 saturated heterocycles. The van der Waals surface area contributed by atoms with Gasteiger partial charge in [-0.15, -0.1) is 0 Å². The number of nitrogens with zero attached hydrogens (tertiary/aromatic N) is 1. The molecule has 6 heteroatoms. The summed E-state index contributed by atoms with van der Waals surface area (Å²) >= 11 is 0. The van der Waals surface area contributed by atoms with Crippen molar-refractivity contribution in [3.05, 3.63) is 226 Å². The Bertz CT molecular complexity index is 2470. The first kappa shape index (κ1) is 34.1. The number of benzene rings is 7. The SMILES string of the molecule is COc1ccc(C2(c3ccc(Oc4ccc(C(=O)c5ccc(C(=O)c6ccc(C)cc6)cc5)cc4)cc3)c3ccccc3C(=O)N2c2ccccc2)cc1. The minimum atomic E-state index is -0.978. The lowest BCUT2D eigenvalue weighted by Crippen LogP contribution is -2.46. The van der Waals surface area contributed by atoms with E-state index in [2.05, 4.69) is 0 Å². The van der Waals surface area contributed by atoms with Crippen LogP contribution in [0.5, 0.6) is 17.2 Å². The molecule has 1 unspecified atom stereocenters. The van der Waals surface area contributed by atoms with Crippen LogP contribution in [0.25, 0.3) is 0 Å². The molecule has 54 heavy (non-hydrogen) atoms. The third kappa shape index (κ3) is 6.03. The van der Waals surface area contributed by atoms with E-state index in [0.29, 0.717) is 39.3 Å². The van der Waals surface area contributed by atoms with E-state index in [0.717, 1.165) is 33.7 Å². The predicted molar refractivity (Wildman–Crippen MR) is 210 cm³/mol. The molecule has 0 saturated carbocycles. The summed E-state index contributed by atoms with van der Waals surface area (Å²) in [5, 5.41) is 0. The number of hydrogen-bond acceptors (Lipinski definition) is 5. The summed E-state index contributed by atoms with van der Waals surface area (Å²) in [5.41, 5.74) is 6.31. The lowest BCUT2D eigenvalue weighted by atomic mass is 9.76. The number of ether oxygens (including phenoxy) is 2. The van der Waals surface area contributed by atoms with Gasteiger partial charge in [0.1, 0.15) is 22.8 Å². The van der Waals surface area contributed by atoms with Crippen LogP contribution in [0, 0.1) is 6.92 Å². The van der Waals surface area contributed by atoms with E-state index in [-0.39, 0.29) is 17.5 Å².